The van der Waals surface area contributed by atoms with Crippen molar-refractivity contribution < 1.29 is 9.53 Å². The number of amides is 1. The second kappa shape index (κ2) is 13.3. The molecule has 0 aliphatic heterocycles. The maximum absolute atomic E-state index is 12.5. The fourth-order valence-corrected chi connectivity index (χ4v) is 5.00. The summed E-state index contributed by atoms with van der Waals surface area (Å²) in [6.45, 7) is 4.88. The van der Waals surface area contributed by atoms with Crippen LogP contribution in [0, 0.1) is 0 Å². The summed E-state index contributed by atoms with van der Waals surface area (Å²) in [4.78, 5) is 12.5. The molecule has 160 valence electrons. The lowest BCUT2D eigenvalue weighted by Crippen LogP contribution is -2.12. The largest absolute Gasteiger partial charge is 0.490 e. The zero-order valence-electron chi connectivity index (χ0n) is 16.8. The molecular formula is C20H27Cl2N3O2S2. The van der Waals surface area contributed by atoms with Crippen molar-refractivity contribution in [1.29, 1.82) is 0 Å². The van der Waals surface area contributed by atoms with Crippen LogP contribution in [0.5, 0.6) is 5.75 Å². The quantitative estimate of drug-likeness (QED) is 0.186. The predicted molar refractivity (Wildman–Crippen MR) is 124 cm³/mol. The van der Waals surface area contributed by atoms with Gasteiger partial charge in [-0.05, 0) is 25.0 Å². The highest BCUT2D eigenvalue weighted by Gasteiger charge is 2.16. The molecule has 0 aliphatic rings. The summed E-state index contributed by atoms with van der Waals surface area (Å²) in [5.74, 6) is 1.08. The highest BCUT2D eigenvalue weighted by Crippen LogP contribution is 2.35. The fraction of sp³-hybridized carbons (Fsp3) is 0.550. The maximum Gasteiger partial charge on any atom is 0.257 e. The molecule has 29 heavy (non-hydrogen) atoms. The molecule has 5 nitrogen and oxygen atoms in total. The lowest BCUT2D eigenvalue weighted by molar-refractivity contribution is 0.102. The Morgan fingerprint density at radius 2 is 1.76 bits per heavy atom. The Labute approximate surface area is 190 Å². The number of anilines is 1. The number of thioether (sulfide) groups is 1. The number of halogens is 2. The lowest BCUT2D eigenvalue weighted by Gasteiger charge is -2.11. The number of nitrogens with one attached hydrogen (secondary N) is 1. The van der Waals surface area contributed by atoms with E-state index in [1.54, 1.807) is 23.9 Å². The van der Waals surface area contributed by atoms with Crippen LogP contribution >= 0.6 is 46.3 Å². The van der Waals surface area contributed by atoms with Crippen LogP contribution in [-0.2, 0) is 0 Å². The van der Waals surface area contributed by atoms with Gasteiger partial charge in [0.15, 0.2) is 10.1 Å². The van der Waals surface area contributed by atoms with E-state index in [1.165, 1.54) is 30.6 Å². The van der Waals surface area contributed by atoms with Crippen LogP contribution < -0.4 is 10.1 Å². The Morgan fingerprint density at radius 1 is 1.07 bits per heavy atom. The number of aromatic nitrogens is 2. The van der Waals surface area contributed by atoms with E-state index in [0.717, 1.165) is 35.8 Å². The third kappa shape index (κ3) is 8.32. The Kier molecular flexibility index (Phi) is 11.1. The first-order valence-corrected chi connectivity index (χ1v) is 12.5. The van der Waals surface area contributed by atoms with Gasteiger partial charge in [0, 0.05) is 11.3 Å². The summed E-state index contributed by atoms with van der Waals surface area (Å²) in [7, 11) is 0. The monoisotopic (exact) mass is 475 g/mol. The van der Waals surface area contributed by atoms with Gasteiger partial charge in [0.2, 0.25) is 5.13 Å². The van der Waals surface area contributed by atoms with Gasteiger partial charge in [-0.15, -0.1) is 10.2 Å². The van der Waals surface area contributed by atoms with Crippen LogP contribution in [0.3, 0.4) is 0 Å². The molecule has 1 heterocycles. The Hall–Kier alpha value is -1.02. The topological polar surface area (TPSA) is 64.1 Å². The van der Waals surface area contributed by atoms with Crippen molar-refractivity contribution in [1.82, 2.24) is 10.2 Å². The molecule has 0 atom stereocenters. The Morgan fingerprint density at radius 3 is 2.45 bits per heavy atom. The summed E-state index contributed by atoms with van der Waals surface area (Å²) in [5.41, 5.74) is 0.352. The van der Waals surface area contributed by atoms with Gasteiger partial charge in [0.05, 0.1) is 16.7 Å². The normalized spacial score (nSPS) is 10.9. The van der Waals surface area contributed by atoms with Gasteiger partial charge < -0.3 is 4.74 Å². The molecule has 1 amide bonds. The van der Waals surface area contributed by atoms with Crippen molar-refractivity contribution in [3.8, 4) is 5.75 Å². The minimum atomic E-state index is -0.332. The van der Waals surface area contributed by atoms with Gasteiger partial charge >= 0.3 is 0 Å². The number of carbonyl (C=O) groups excluding carboxylic acids is 1. The molecule has 0 saturated heterocycles. The van der Waals surface area contributed by atoms with E-state index in [0.29, 0.717) is 33.1 Å². The minimum Gasteiger partial charge on any atom is -0.490 e. The molecule has 1 aromatic heterocycles. The number of benzene rings is 1. The van der Waals surface area contributed by atoms with Crippen LogP contribution in [0.15, 0.2) is 16.5 Å². The van der Waals surface area contributed by atoms with E-state index in [9.17, 15) is 4.79 Å². The summed E-state index contributed by atoms with van der Waals surface area (Å²) in [6.07, 6.45) is 7.96. The van der Waals surface area contributed by atoms with Gasteiger partial charge in [-0.3, -0.25) is 10.1 Å². The molecule has 1 aromatic carbocycles. The average molecular weight is 476 g/mol. The first-order chi connectivity index (χ1) is 14.0. The number of nitrogens with zero attached hydrogens (tertiary/aromatic N) is 2. The van der Waals surface area contributed by atoms with E-state index in [1.807, 2.05) is 0 Å². The van der Waals surface area contributed by atoms with E-state index in [4.69, 9.17) is 27.9 Å². The third-order valence-corrected chi connectivity index (χ3v) is 6.72. The van der Waals surface area contributed by atoms with Crippen molar-refractivity contribution in [3.05, 3.63) is 27.7 Å². The Balaban J connectivity index is 1.90. The number of hydrogen-bond donors (Lipinski definition) is 1. The van der Waals surface area contributed by atoms with E-state index in [-0.39, 0.29) is 5.91 Å². The summed E-state index contributed by atoms with van der Waals surface area (Å²) < 4.78 is 6.57. The van der Waals surface area contributed by atoms with Gasteiger partial charge in [-0.2, -0.15) is 0 Å². The molecule has 0 spiro atoms. The standard InChI is InChI=1S/C20H27Cl2N3O2S2/c1-3-5-7-8-9-10-27-17-15(21)12-14(13-16(17)22)18(26)23-19-24-25-20(29-19)28-11-6-4-2/h12-13H,3-11H2,1-2H3,(H,23,24,26). The van der Waals surface area contributed by atoms with Crippen LogP contribution in [0.1, 0.15) is 69.2 Å². The molecule has 0 unspecified atom stereocenters. The molecule has 0 fully saturated rings. The first kappa shape index (κ1) is 24.3. The number of ether oxygens (including phenoxy) is 1. The van der Waals surface area contributed by atoms with E-state index < -0.39 is 0 Å². The Bertz CT molecular complexity index is 764. The van der Waals surface area contributed by atoms with Gasteiger partial charge in [0.25, 0.3) is 5.91 Å². The van der Waals surface area contributed by atoms with E-state index >= 15 is 0 Å². The fourth-order valence-electron chi connectivity index (χ4n) is 2.50. The molecule has 9 heteroatoms. The number of carbonyl (C=O) groups is 1. The summed E-state index contributed by atoms with van der Waals surface area (Å²) in [5, 5.41) is 12.0. The number of unbranched alkanes of at least 4 members (excludes halogenated alkanes) is 5. The third-order valence-electron chi connectivity index (χ3n) is 4.11. The average Bonchev–Trinajstić information content (AvgIpc) is 3.13. The summed E-state index contributed by atoms with van der Waals surface area (Å²) in [6, 6.07) is 3.13. The predicted octanol–water partition coefficient (Wildman–Crippen LogP) is 7.34. The minimum absolute atomic E-state index is 0.323. The zero-order valence-corrected chi connectivity index (χ0v) is 19.9. The van der Waals surface area contributed by atoms with Crippen LogP contribution in [0.4, 0.5) is 5.13 Å². The van der Waals surface area contributed by atoms with Crippen LogP contribution in [-0.4, -0.2) is 28.5 Å². The highest BCUT2D eigenvalue weighted by atomic mass is 35.5. The van der Waals surface area contributed by atoms with E-state index in [2.05, 4.69) is 29.4 Å². The molecule has 0 bridgehead atoms. The van der Waals surface area contributed by atoms with Crippen LogP contribution in [0.25, 0.3) is 0 Å². The molecule has 2 rings (SSSR count). The smallest absolute Gasteiger partial charge is 0.257 e. The van der Waals surface area contributed by atoms with Crippen LogP contribution in [0.2, 0.25) is 10.0 Å². The van der Waals surface area contributed by atoms with Gasteiger partial charge in [-0.25, -0.2) is 0 Å². The highest BCUT2D eigenvalue weighted by molar-refractivity contribution is 8.01. The molecular weight excluding hydrogens is 449 g/mol. The van der Waals surface area contributed by atoms with Crippen molar-refractivity contribution in [3.63, 3.8) is 0 Å². The molecule has 1 N–H and O–H groups in total. The zero-order chi connectivity index (χ0) is 21.1. The molecule has 0 saturated carbocycles. The molecule has 0 radical (unpaired) electrons. The lowest BCUT2D eigenvalue weighted by atomic mass is 10.2. The van der Waals surface area contributed by atoms with Crippen molar-refractivity contribution in [2.24, 2.45) is 0 Å². The summed E-state index contributed by atoms with van der Waals surface area (Å²) >= 11 is 15.6. The maximum atomic E-state index is 12.5. The first-order valence-electron chi connectivity index (χ1n) is 9.94. The van der Waals surface area contributed by atoms with Gasteiger partial charge in [0.1, 0.15) is 0 Å². The second-order valence-electron chi connectivity index (χ2n) is 6.56. The van der Waals surface area contributed by atoms with Gasteiger partial charge in [-0.1, -0.05) is 92.3 Å². The van der Waals surface area contributed by atoms with Crippen molar-refractivity contribution >= 4 is 57.3 Å². The van der Waals surface area contributed by atoms with Crippen molar-refractivity contribution in [2.75, 3.05) is 17.7 Å². The van der Waals surface area contributed by atoms with Crippen molar-refractivity contribution in [2.45, 2.75) is 63.1 Å². The molecule has 0 aliphatic carbocycles. The molecule has 2 aromatic rings. The number of rotatable bonds is 13. The second-order valence-corrected chi connectivity index (χ2v) is 9.69. The number of hydrogen-bond acceptors (Lipinski definition) is 6. The SMILES string of the molecule is CCCCCCCOc1c(Cl)cc(C(=O)Nc2nnc(SCCCC)s2)cc1Cl.